The van der Waals surface area contributed by atoms with Gasteiger partial charge in [-0.2, -0.15) is 5.10 Å². The van der Waals surface area contributed by atoms with Gasteiger partial charge in [0.2, 0.25) is 0 Å². The highest BCUT2D eigenvalue weighted by Gasteiger charge is 2.27. The average molecular weight is 450 g/mol. The van der Waals surface area contributed by atoms with Crippen molar-refractivity contribution in [2.45, 2.75) is 45.2 Å². The van der Waals surface area contributed by atoms with E-state index in [0.29, 0.717) is 19.2 Å². The van der Waals surface area contributed by atoms with E-state index in [9.17, 15) is 4.79 Å². The van der Waals surface area contributed by atoms with Crippen molar-refractivity contribution in [3.8, 4) is 0 Å². The van der Waals surface area contributed by atoms with Gasteiger partial charge in [-0.15, -0.1) is 24.0 Å². The van der Waals surface area contributed by atoms with Crippen molar-refractivity contribution in [2.24, 2.45) is 18.0 Å². The van der Waals surface area contributed by atoms with Crippen LogP contribution in [0.1, 0.15) is 38.4 Å². The molecule has 1 aliphatic carbocycles. The number of aromatic nitrogens is 3. The van der Waals surface area contributed by atoms with E-state index in [-0.39, 0.29) is 35.9 Å². The number of rotatable bonds is 5. The average Bonchev–Trinajstić information content (AvgIpc) is 2.97. The van der Waals surface area contributed by atoms with Crippen LogP contribution < -0.4 is 10.6 Å². The molecule has 0 radical (unpaired) electrons. The lowest BCUT2D eigenvalue weighted by molar-refractivity contribution is -0.149. The second kappa shape index (κ2) is 10.5. The topological polar surface area (TPSA) is 93.4 Å². The minimum absolute atomic E-state index is 0. The Labute approximate surface area is 159 Å². The zero-order chi connectivity index (χ0) is 16.7. The molecule has 0 bridgehead atoms. The summed E-state index contributed by atoms with van der Waals surface area (Å²) in [6.07, 6.45) is 5.12. The van der Waals surface area contributed by atoms with Gasteiger partial charge in [-0.3, -0.25) is 14.5 Å². The van der Waals surface area contributed by atoms with Gasteiger partial charge in [-0.25, -0.2) is 4.98 Å². The number of hydrogen-bond donors (Lipinski definition) is 2. The lowest BCUT2D eigenvalue weighted by Crippen LogP contribution is -2.45. The monoisotopic (exact) mass is 450 g/mol. The minimum atomic E-state index is -0.0595. The minimum Gasteiger partial charge on any atom is -0.466 e. The molecule has 1 heterocycles. The van der Waals surface area contributed by atoms with Crippen LogP contribution in [0.15, 0.2) is 11.3 Å². The molecule has 0 saturated heterocycles. The number of halogens is 1. The molecule has 1 aliphatic rings. The number of nitrogens with one attached hydrogen (secondary N) is 2. The molecular weight excluding hydrogens is 423 g/mol. The number of aliphatic imine (C=N–C) groups is 1. The Kier molecular flexibility index (Phi) is 9.01. The Morgan fingerprint density at radius 3 is 2.67 bits per heavy atom. The molecule has 0 aliphatic heterocycles. The largest absolute Gasteiger partial charge is 0.466 e. The lowest BCUT2D eigenvalue weighted by Gasteiger charge is -2.29. The quantitative estimate of drug-likeness (QED) is 0.303. The normalized spacial score (nSPS) is 20.9. The summed E-state index contributed by atoms with van der Waals surface area (Å²) in [5.41, 5.74) is 0. The highest BCUT2D eigenvalue weighted by molar-refractivity contribution is 14.0. The molecule has 9 heteroatoms. The summed E-state index contributed by atoms with van der Waals surface area (Å²) in [7, 11) is 3.60. The van der Waals surface area contributed by atoms with Crippen molar-refractivity contribution >= 4 is 35.9 Å². The molecule has 24 heavy (non-hydrogen) atoms. The number of hydrogen-bond acceptors (Lipinski definition) is 5. The summed E-state index contributed by atoms with van der Waals surface area (Å²) >= 11 is 0. The summed E-state index contributed by atoms with van der Waals surface area (Å²) in [5, 5.41) is 10.7. The third-order valence-corrected chi connectivity index (χ3v) is 4.13. The molecule has 1 aromatic heterocycles. The van der Waals surface area contributed by atoms with E-state index < -0.39 is 0 Å². The Hall–Kier alpha value is -1.39. The number of carbonyl (C=O) groups is 1. The van der Waals surface area contributed by atoms with E-state index in [4.69, 9.17) is 4.74 Å². The van der Waals surface area contributed by atoms with Crippen LogP contribution in [0.2, 0.25) is 0 Å². The molecule has 0 amide bonds. The maximum Gasteiger partial charge on any atom is 0.308 e. The molecule has 1 saturated carbocycles. The summed E-state index contributed by atoms with van der Waals surface area (Å²) < 4.78 is 6.83. The lowest BCUT2D eigenvalue weighted by atomic mass is 9.86. The molecule has 136 valence electrons. The highest BCUT2D eigenvalue weighted by Crippen LogP contribution is 2.25. The number of aryl methyl sites for hydroxylation is 1. The van der Waals surface area contributed by atoms with Crippen molar-refractivity contribution in [3.63, 3.8) is 0 Å². The standard InChI is InChI=1S/C15H26N6O2.HI/c1-4-23-14(22)11-5-7-12(8-6-11)20-15(16-2)17-9-13-18-10-19-21(13)3;/h10-12H,4-9H2,1-3H3,(H2,16,17,20);1H. The van der Waals surface area contributed by atoms with E-state index in [0.717, 1.165) is 37.5 Å². The predicted molar refractivity (Wildman–Crippen MR) is 102 cm³/mol. The first-order valence-corrected chi connectivity index (χ1v) is 8.10. The van der Waals surface area contributed by atoms with Gasteiger partial charge in [-0.1, -0.05) is 0 Å². The molecule has 8 nitrogen and oxygen atoms in total. The second-order valence-corrected chi connectivity index (χ2v) is 5.67. The number of esters is 1. The van der Waals surface area contributed by atoms with Crippen LogP contribution in [-0.4, -0.2) is 46.4 Å². The molecule has 2 rings (SSSR count). The summed E-state index contributed by atoms with van der Waals surface area (Å²) in [5.74, 6) is 1.57. The zero-order valence-corrected chi connectivity index (χ0v) is 16.8. The molecule has 0 aromatic carbocycles. The van der Waals surface area contributed by atoms with Crippen molar-refractivity contribution in [1.29, 1.82) is 0 Å². The second-order valence-electron chi connectivity index (χ2n) is 5.67. The first kappa shape index (κ1) is 20.7. The molecule has 1 aromatic rings. The van der Waals surface area contributed by atoms with Crippen LogP contribution >= 0.6 is 24.0 Å². The van der Waals surface area contributed by atoms with Gasteiger partial charge >= 0.3 is 5.97 Å². The van der Waals surface area contributed by atoms with E-state index in [1.54, 1.807) is 11.7 Å². The zero-order valence-electron chi connectivity index (χ0n) is 14.5. The van der Waals surface area contributed by atoms with Gasteiger partial charge < -0.3 is 15.4 Å². The smallest absolute Gasteiger partial charge is 0.308 e. The Balaban J connectivity index is 0.00000288. The van der Waals surface area contributed by atoms with Crippen LogP contribution in [0.5, 0.6) is 0 Å². The molecule has 2 N–H and O–H groups in total. The van der Waals surface area contributed by atoms with Crippen LogP contribution in [0.25, 0.3) is 0 Å². The maximum atomic E-state index is 11.8. The van der Waals surface area contributed by atoms with E-state index in [1.165, 1.54) is 6.33 Å². The Morgan fingerprint density at radius 1 is 1.42 bits per heavy atom. The summed E-state index contributed by atoms with van der Waals surface area (Å²) in [6.45, 7) is 2.86. The number of ether oxygens (including phenoxy) is 1. The Morgan fingerprint density at radius 2 is 2.12 bits per heavy atom. The third kappa shape index (κ3) is 5.91. The van der Waals surface area contributed by atoms with Crippen LogP contribution in [0, 0.1) is 5.92 Å². The van der Waals surface area contributed by atoms with Crippen molar-refractivity contribution in [2.75, 3.05) is 13.7 Å². The van der Waals surface area contributed by atoms with Crippen LogP contribution in [0.3, 0.4) is 0 Å². The maximum absolute atomic E-state index is 11.8. The van der Waals surface area contributed by atoms with Gasteiger partial charge in [0.25, 0.3) is 0 Å². The van der Waals surface area contributed by atoms with Gasteiger partial charge in [-0.05, 0) is 32.6 Å². The number of guanidine groups is 1. The molecule has 1 fully saturated rings. The molecule has 0 unspecified atom stereocenters. The number of nitrogens with zero attached hydrogens (tertiary/aromatic N) is 4. The fourth-order valence-electron chi connectivity index (χ4n) is 2.76. The van der Waals surface area contributed by atoms with Gasteiger partial charge in [0.15, 0.2) is 5.96 Å². The van der Waals surface area contributed by atoms with E-state index >= 15 is 0 Å². The fraction of sp³-hybridized carbons (Fsp3) is 0.733. The number of carbonyl (C=O) groups excluding carboxylic acids is 1. The fourth-order valence-corrected chi connectivity index (χ4v) is 2.76. The van der Waals surface area contributed by atoms with Gasteiger partial charge in [0.1, 0.15) is 12.2 Å². The van der Waals surface area contributed by atoms with E-state index in [1.807, 2.05) is 14.0 Å². The SMILES string of the molecule is CCOC(=O)C1CCC(NC(=NC)NCc2ncnn2C)CC1.I. The predicted octanol–water partition coefficient (Wildman–Crippen LogP) is 1.22. The van der Waals surface area contributed by atoms with Gasteiger partial charge in [0.05, 0.1) is 19.1 Å². The summed E-state index contributed by atoms with van der Waals surface area (Å²) in [4.78, 5) is 20.2. The van der Waals surface area contributed by atoms with Crippen molar-refractivity contribution < 1.29 is 9.53 Å². The third-order valence-electron chi connectivity index (χ3n) is 4.13. The molecule has 0 spiro atoms. The Bertz CT molecular complexity index is 540. The molecule has 0 atom stereocenters. The highest BCUT2D eigenvalue weighted by atomic mass is 127. The van der Waals surface area contributed by atoms with E-state index in [2.05, 4.69) is 25.7 Å². The van der Waals surface area contributed by atoms with Crippen molar-refractivity contribution in [3.05, 3.63) is 12.2 Å². The van der Waals surface area contributed by atoms with Crippen LogP contribution in [-0.2, 0) is 23.1 Å². The molecular formula is C15H27IN6O2. The first-order valence-electron chi connectivity index (χ1n) is 8.10. The van der Waals surface area contributed by atoms with Gasteiger partial charge in [0, 0.05) is 20.1 Å². The van der Waals surface area contributed by atoms with Crippen LogP contribution in [0.4, 0.5) is 0 Å². The first-order chi connectivity index (χ1) is 11.1. The summed E-state index contributed by atoms with van der Waals surface area (Å²) in [6, 6.07) is 0.325. The van der Waals surface area contributed by atoms with Crippen molar-refractivity contribution in [1.82, 2.24) is 25.4 Å².